The van der Waals surface area contributed by atoms with Crippen molar-refractivity contribution in [2.75, 3.05) is 4.72 Å². The number of halogens is 1. The van der Waals surface area contributed by atoms with Crippen LogP contribution in [0.2, 0.25) is 0 Å². The maximum Gasteiger partial charge on any atom is 0.263 e. The summed E-state index contributed by atoms with van der Waals surface area (Å²) < 4.78 is 40.4. The summed E-state index contributed by atoms with van der Waals surface area (Å²) in [4.78, 5) is 0.428. The Kier molecular flexibility index (Phi) is 4.12. The van der Waals surface area contributed by atoms with E-state index in [0.717, 1.165) is 6.07 Å². The van der Waals surface area contributed by atoms with E-state index in [0.29, 0.717) is 16.0 Å². The van der Waals surface area contributed by atoms with E-state index >= 15 is 0 Å². The molecule has 0 atom stereocenters. The largest absolute Gasteiger partial charge is 0.391 e. The van der Waals surface area contributed by atoms with E-state index < -0.39 is 15.8 Å². The van der Waals surface area contributed by atoms with Gasteiger partial charge in [0.2, 0.25) is 0 Å². The van der Waals surface area contributed by atoms with E-state index in [4.69, 9.17) is 0 Å². The highest BCUT2D eigenvalue weighted by Gasteiger charge is 2.23. The molecule has 0 aliphatic rings. The Morgan fingerprint density at radius 2 is 2.00 bits per heavy atom. The van der Waals surface area contributed by atoms with Crippen LogP contribution in [0.3, 0.4) is 0 Å². The number of aliphatic hydroxyl groups excluding tert-OH is 1. The first kappa shape index (κ1) is 15.0. The average Bonchev–Trinajstić information content (AvgIpc) is 2.75. The Morgan fingerprint density at radius 1 is 1.30 bits per heavy atom. The quantitative estimate of drug-likeness (QED) is 0.912. The van der Waals surface area contributed by atoms with Gasteiger partial charge in [0.25, 0.3) is 10.0 Å². The third-order valence-electron chi connectivity index (χ3n) is 2.85. The lowest BCUT2D eigenvalue weighted by atomic mass is 10.2. The van der Waals surface area contributed by atoms with Crippen molar-refractivity contribution >= 4 is 27.0 Å². The maximum absolute atomic E-state index is 13.2. The van der Waals surface area contributed by atoms with Crippen LogP contribution in [0.25, 0.3) is 0 Å². The molecular weight excluding hydrogens is 301 g/mol. The topological polar surface area (TPSA) is 66.4 Å². The molecule has 0 bridgehead atoms. The molecule has 0 unspecified atom stereocenters. The number of hydrogen-bond acceptors (Lipinski definition) is 4. The zero-order valence-corrected chi connectivity index (χ0v) is 12.6. The van der Waals surface area contributed by atoms with E-state index in [1.807, 2.05) is 0 Å². The molecule has 0 aliphatic carbocycles. The summed E-state index contributed by atoms with van der Waals surface area (Å²) in [5.41, 5.74) is 1.37. The molecule has 2 N–H and O–H groups in total. The Bertz CT molecular complexity index is 738. The number of aryl methyl sites for hydroxylation is 2. The van der Waals surface area contributed by atoms with Crippen LogP contribution in [-0.4, -0.2) is 13.5 Å². The van der Waals surface area contributed by atoms with Gasteiger partial charge in [-0.1, -0.05) is 6.07 Å². The molecule has 0 aliphatic heterocycles. The molecule has 0 radical (unpaired) electrons. The minimum absolute atomic E-state index is 0.0636. The number of hydrogen-bond donors (Lipinski definition) is 2. The van der Waals surface area contributed by atoms with Crippen molar-refractivity contribution in [3.05, 3.63) is 45.4 Å². The van der Waals surface area contributed by atoms with E-state index in [1.54, 1.807) is 19.2 Å². The standard InChI is InChI=1S/C13H14FNO3S2/c1-8-3-4-10(14)5-11(8)15-20(17,18)13-9(2)7-19-12(13)6-16/h3-5,7,15-16H,6H2,1-2H3. The summed E-state index contributed by atoms with van der Waals surface area (Å²) in [7, 11) is -3.85. The summed E-state index contributed by atoms with van der Waals surface area (Å²) in [6.07, 6.45) is 0. The first-order valence-corrected chi connectivity index (χ1v) is 8.18. The van der Waals surface area contributed by atoms with Crippen molar-refractivity contribution in [2.24, 2.45) is 0 Å². The second kappa shape index (κ2) is 5.51. The number of aliphatic hydroxyl groups is 1. The van der Waals surface area contributed by atoms with Crippen LogP contribution in [0.15, 0.2) is 28.5 Å². The predicted octanol–water partition coefficient (Wildman–Crippen LogP) is 2.80. The van der Waals surface area contributed by atoms with Gasteiger partial charge in [-0.3, -0.25) is 4.72 Å². The van der Waals surface area contributed by atoms with Gasteiger partial charge < -0.3 is 5.11 Å². The van der Waals surface area contributed by atoms with Gasteiger partial charge in [-0.2, -0.15) is 0 Å². The molecule has 4 nitrogen and oxygen atoms in total. The van der Waals surface area contributed by atoms with Gasteiger partial charge >= 0.3 is 0 Å². The molecule has 0 saturated heterocycles. The van der Waals surface area contributed by atoms with Crippen molar-refractivity contribution in [3.8, 4) is 0 Å². The maximum atomic E-state index is 13.2. The van der Waals surface area contributed by atoms with Crippen molar-refractivity contribution in [1.82, 2.24) is 0 Å². The minimum atomic E-state index is -3.85. The third-order valence-corrected chi connectivity index (χ3v) is 5.66. The van der Waals surface area contributed by atoms with Crippen LogP contribution in [0.4, 0.5) is 10.1 Å². The molecule has 1 aromatic carbocycles. The molecule has 7 heteroatoms. The Hall–Kier alpha value is -1.44. The lowest BCUT2D eigenvalue weighted by Gasteiger charge is -2.11. The average molecular weight is 315 g/mol. The zero-order chi connectivity index (χ0) is 14.9. The van der Waals surface area contributed by atoms with E-state index in [-0.39, 0.29) is 17.2 Å². The third kappa shape index (κ3) is 2.84. The second-order valence-corrected chi connectivity index (χ2v) is 6.98. The SMILES string of the molecule is Cc1ccc(F)cc1NS(=O)(=O)c1c(C)csc1CO. The van der Waals surface area contributed by atoms with Crippen molar-refractivity contribution in [1.29, 1.82) is 0 Å². The summed E-state index contributed by atoms with van der Waals surface area (Å²) >= 11 is 1.18. The number of sulfonamides is 1. The molecule has 20 heavy (non-hydrogen) atoms. The number of benzene rings is 1. The molecule has 0 spiro atoms. The molecule has 2 rings (SSSR count). The molecule has 0 fully saturated rings. The van der Waals surface area contributed by atoms with Crippen LogP contribution in [0, 0.1) is 19.7 Å². The first-order chi connectivity index (χ1) is 9.35. The van der Waals surface area contributed by atoms with Gasteiger partial charge in [0.05, 0.1) is 17.2 Å². The predicted molar refractivity (Wildman–Crippen MR) is 76.9 cm³/mol. The smallest absolute Gasteiger partial charge is 0.263 e. The summed E-state index contributed by atoms with van der Waals surface area (Å²) in [5.74, 6) is -0.516. The molecule has 2 aromatic rings. The highest BCUT2D eigenvalue weighted by Crippen LogP contribution is 2.29. The van der Waals surface area contributed by atoms with Crippen LogP contribution in [0.5, 0.6) is 0 Å². The number of thiophene rings is 1. The number of nitrogens with one attached hydrogen (secondary N) is 1. The Morgan fingerprint density at radius 3 is 2.65 bits per heavy atom. The van der Waals surface area contributed by atoms with Gasteiger partial charge in [0.15, 0.2) is 0 Å². The molecule has 1 aromatic heterocycles. The molecule has 1 heterocycles. The fourth-order valence-electron chi connectivity index (χ4n) is 1.86. The number of anilines is 1. The lowest BCUT2D eigenvalue weighted by molar-refractivity contribution is 0.282. The van der Waals surface area contributed by atoms with Gasteiger partial charge in [0, 0.05) is 0 Å². The van der Waals surface area contributed by atoms with Crippen LogP contribution in [-0.2, 0) is 16.6 Å². The minimum Gasteiger partial charge on any atom is -0.391 e. The van der Waals surface area contributed by atoms with Gasteiger partial charge in [-0.05, 0) is 42.5 Å². The normalized spacial score (nSPS) is 11.6. The van der Waals surface area contributed by atoms with E-state index in [1.165, 1.54) is 23.5 Å². The summed E-state index contributed by atoms with van der Waals surface area (Å²) in [6.45, 7) is 2.99. The molecular formula is C13H14FNO3S2. The summed E-state index contributed by atoms with van der Waals surface area (Å²) in [6, 6.07) is 3.90. The van der Waals surface area contributed by atoms with Crippen LogP contribution >= 0.6 is 11.3 Å². The van der Waals surface area contributed by atoms with Crippen molar-refractivity contribution < 1.29 is 17.9 Å². The Labute approximate surface area is 120 Å². The van der Waals surface area contributed by atoms with E-state index in [2.05, 4.69) is 4.72 Å². The highest BCUT2D eigenvalue weighted by atomic mass is 32.2. The summed E-state index contributed by atoms with van der Waals surface area (Å²) in [5, 5.41) is 10.9. The second-order valence-electron chi connectivity index (χ2n) is 4.39. The van der Waals surface area contributed by atoms with Crippen LogP contribution < -0.4 is 4.72 Å². The van der Waals surface area contributed by atoms with Crippen molar-refractivity contribution in [3.63, 3.8) is 0 Å². The first-order valence-electron chi connectivity index (χ1n) is 5.82. The van der Waals surface area contributed by atoms with Crippen LogP contribution in [0.1, 0.15) is 16.0 Å². The van der Waals surface area contributed by atoms with Gasteiger partial charge in [-0.25, -0.2) is 12.8 Å². The Balaban J connectivity index is 2.46. The highest BCUT2D eigenvalue weighted by molar-refractivity contribution is 7.93. The molecule has 0 amide bonds. The molecule has 0 saturated carbocycles. The monoisotopic (exact) mass is 315 g/mol. The van der Waals surface area contributed by atoms with Crippen molar-refractivity contribution in [2.45, 2.75) is 25.3 Å². The van der Waals surface area contributed by atoms with Gasteiger partial charge in [0.1, 0.15) is 10.7 Å². The lowest BCUT2D eigenvalue weighted by Crippen LogP contribution is -2.15. The van der Waals surface area contributed by atoms with E-state index in [9.17, 15) is 17.9 Å². The number of rotatable bonds is 4. The van der Waals surface area contributed by atoms with Gasteiger partial charge in [-0.15, -0.1) is 11.3 Å². The zero-order valence-electron chi connectivity index (χ0n) is 11.0. The fourth-order valence-corrected chi connectivity index (χ4v) is 4.64. The fraction of sp³-hybridized carbons (Fsp3) is 0.231. The molecule has 108 valence electrons.